The number of rotatable bonds is 3. The second-order valence-electron chi connectivity index (χ2n) is 3.89. The van der Waals surface area contributed by atoms with E-state index in [4.69, 9.17) is 0 Å². The molecule has 1 aromatic rings. The van der Waals surface area contributed by atoms with E-state index < -0.39 is 0 Å². The Morgan fingerprint density at radius 1 is 1.23 bits per heavy atom. The molecule has 2 rings (SSSR count). The van der Waals surface area contributed by atoms with Gasteiger partial charge in [0.2, 0.25) is 0 Å². The van der Waals surface area contributed by atoms with Crippen molar-refractivity contribution in [1.29, 1.82) is 0 Å². The topological polar surface area (TPSA) is 0 Å². The molecule has 0 aliphatic heterocycles. The Bertz CT molecular complexity index is 276. The van der Waals surface area contributed by atoms with Gasteiger partial charge in [-0.25, -0.2) is 0 Å². The van der Waals surface area contributed by atoms with Crippen LogP contribution in [0.1, 0.15) is 25.3 Å². The maximum Gasteiger partial charge on any atom is 0.0175 e. The summed E-state index contributed by atoms with van der Waals surface area (Å²) < 4.78 is 1.17. The first-order valence-corrected chi connectivity index (χ1v) is 5.64. The largest absolute Gasteiger partial charge is 0.0619 e. The van der Waals surface area contributed by atoms with Crippen molar-refractivity contribution >= 4 is 15.9 Å². The minimum atomic E-state index is 0.912. The monoisotopic (exact) mass is 237 g/mol. The third-order valence-corrected chi connectivity index (χ3v) is 3.28. The molecule has 0 bridgehead atoms. The predicted octanol–water partition coefficient (Wildman–Crippen LogP) is 4.00. The average Bonchev–Trinajstić information content (AvgIpc) is 2.81. The van der Waals surface area contributed by atoms with Crippen molar-refractivity contribution in [1.82, 2.24) is 0 Å². The summed E-state index contributed by atoms with van der Waals surface area (Å²) in [5.41, 5.74) is 1.45. The van der Waals surface area contributed by atoms with Crippen LogP contribution in [0.15, 0.2) is 28.7 Å². The van der Waals surface area contributed by atoms with E-state index >= 15 is 0 Å². The summed E-state index contributed by atoms with van der Waals surface area (Å²) in [5, 5.41) is 0. The fourth-order valence-electron chi connectivity index (χ4n) is 1.64. The van der Waals surface area contributed by atoms with Gasteiger partial charge in [-0.2, -0.15) is 0 Å². The van der Waals surface area contributed by atoms with Gasteiger partial charge in [0.1, 0.15) is 0 Å². The van der Waals surface area contributed by atoms with Crippen molar-refractivity contribution in [3.63, 3.8) is 0 Å². The van der Waals surface area contributed by atoms with Crippen LogP contribution in [0.2, 0.25) is 0 Å². The van der Waals surface area contributed by atoms with Crippen LogP contribution in [-0.4, -0.2) is 0 Å². The molecule has 1 unspecified atom stereocenters. The molecule has 1 saturated carbocycles. The van der Waals surface area contributed by atoms with Crippen LogP contribution < -0.4 is 0 Å². The lowest BCUT2D eigenvalue weighted by Gasteiger charge is -1.99. The van der Waals surface area contributed by atoms with Gasteiger partial charge in [0.15, 0.2) is 0 Å². The molecule has 0 saturated heterocycles. The molecule has 69 valence electrons. The van der Waals surface area contributed by atoms with Gasteiger partial charge in [0.05, 0.1) is 0 Å². The maximum atomic E-state index is 3.44. The molecule has 0 aromatic heterocycles. The first kappa shape index (κ1) is 9.26. The fourth-order valence-corrected chi connectivity index (χ4v) is 1.90. The molecule has 1 heteroatoms. The van der Waals surface area contributed by atoms with E-state index in [0.717, 1.165) is 5.92 Å². The van der Waals surface area contributed by atoms with E-state index in [1.165, 1.54) is 29.3 Å². The number of hydrogen-bond acceptors (Lipinski definition) is 0. The SMILES string of the molecule is CC1C[C]1CCc1ccc(Br)cc1. The highest BCUT2D eigenvalue weighted by molar-refractivity contribution is 9.10. The highest BCUT2D eigenvalue weighted by Gasteiger charge is 2.32. The Morgan fingerprint density at radius 2 is 1.85 bits per heavy atom. The Balaban J connectivity index is 1.84. The summed E-state index contributed by atoms with van der Waals surface area (Å²) in [6.07, 6.45) is 3.88. The van der Waals surface area contributed by atoms with Crippen LogP contribution in [0.3, 0.4) is 0 Å². The summed E-state index contributed by atoms with van der Waals surface area (Å²) in [5.74, 6) is 2.67. The van der Waals surface area contributed by atoms with Gasteiger partial charge in [-0.15, -0.1) is 0 Å². The molecule has 0 N–H and O–H groups in total. The highest BCUT2D eigenvalue weighted by atomic mass is 79.9. The molecule has 1 radical (unpaired) electrons. The lowest BCUT2D eigenvalue weighted by molar-refractivity contribution is 0.866. The molecule has 13 heavy (non-hydrogen) atoms. The van der Waals surface area contributed by atoms with Crippen molar-refractivity contribution < 1.29 is 0 Å². The van der Waals surface area contributed by atoms with Gasteiger partial charge in [-0.3, -0.25) is 0 Å². The third kappa shape index (κ3) is 2.57. The van der Waals surface area contributed by atoms with Gasteiger partial charge in [-0.1, -0.05) is 35.0 Å². The third-order valence-electron chi connectivity index (χ3n) is 2.75. The Morgan fingerprint density at radius 3 is 2.38 bits per heavy atom. The van der Waals surface area contributed by atoms with Crippen LogP contribution in [0, 0.1) is 11.8 Å². The van der Waals surface area contributed by atoms with Crippen molar-refractivity contribution in [3.05, 3.63) is 40.2 Å². The van der Waals surface area contributed by atoms with Gasteiger partial charge < -0.3 is 0 Å². The van der Waals surface area contributed by atoms with Gasteiger partial charge in [0, 0.05) is 4.47 Å². The zero-order chi connectivity index (χ0) is 9.26. The van der Waals surface area contributed by atoms with Gasteiger partial charge in [0.25, 0.3) is 0 Å². The zero-order valence-corrected chi connectivity index (χ0v) is 9.47. The van der Waals surface area contributed by atoms with Crippen molar-refractivity contribution in [2.24, 2.45) is 5.92 Å². The number of halogens is 1. The van der Waals surface area contributed by atoms with E-state index in [1.807, 2.05) is 0 Å². The second-order valence-corrected chi connectivity index (χ2v) is 4.81. The van der Waals surface area contributed by atoms with E-state index in [9.17, 15) is 0 Å². The number of hydrogen-bond donors (Lipinski definition) is 0. The minimum absolute atomic E-state index is 0.912. The quantitative estimate of drug-likeness (QED) is 0.746. The summed E-state index contributed by atoms with van der Waals surface area (Å²) in [4.78, 5) is 0. The summed E-state index contributed by atoms with van der Waals surface area (Å²) in [6, 6.07) is 8.65. The standard InChI is InChI=1S/C12H14Br/c1-9-8-11(9)5-2-10-3-6-12(13)7-4-10/h3-4,6-7,9H,2,5,8H2,1H3. The van der Waals surface area contributed by atoms with E-state index in [2.05, 4.69) is 47.1 Å². The summed E-state index contributed by atoms with van der Waals surface area (Å²) >= 11 is 3.44. The van der Waals surface area contributed by atoms with Crippen molar-refractivity contribution in [2.45, 2.75) is 26.2 Å². The average molecular weight is 238 g/mol. The Kier molecular flexibility index (Phi) is 2.73. The molecule has 0 spiro atoms. The van der Waals surface area contributed by atoms with E-state index in [-0.39, 0.29) is 0 Å². The lowest BCUT2D eigenvalue weighted by Crippen LogP contribution is -1.86. The summed E-state index contributed by atoms with van der Waals surface area (Å²) in [7, 11) is 0. The zero-order valence-electron chi connectivity index (χ0n) is 7.89. The second kappa shape index (κ2) is 3.83. The van der Waals surface area contributed by atoms with Crippen molar-refractivity contribution in [2.75, 3.05) is 0 Å². The molecule has 0 heterocycles. The molecule has 1 aliphatic carbocycles. The smallest absolute Gasteiger partial charge is 0.0175 e. The maximum absolute atomic E-state index is 3.44. The van der Waals surface area contributed by atoms with Crippen LogP contribution in [0.5, 0.6) is 0 Å². The normalized spacial score (nSPS) is 21.8. The lowest BCUT2D eigenvalue weighted by atomic mass is 10.1. The molecular formula is C12H14Br. The van der Waals surface area contributed by atoms with Gasteiger partial charge >= 0.3 is 0 Å². The van der Waals surface area contributed by atoms with E-state index in [1.54, 1.807) is 5.92 Å². The van der Waals surface area contributed by atoms with Crippen LogP contribution in [0.4, 0.5) is 0 Å². The summed E-state index contributed by atoms with van der Waals surface area (Å²) in [6.45, 7) is 2.32. The van der Waals surface area contributed by atoms with Gasteiger partial charge in [-0.05, 0) is 48.8 Å². The van der Waals surface area contributed by atoms with E-state index in [0.29, 0.717) is 0 Å². The van der Waals surface area contributed by atoms with Crippen LogP contribution >= 0.6 is 15.9 Å². The highest BCUT2D eigenvalue weighted by Crippen LogP contribution is 2.43. The predicted molar refractivity (Wildman–Crippen MR) is 59.5 cm³/mol. The Hall–Kier alpha value is -0.300. The molecule has 1 aliphatic rings. The molecular weight excluding hydrogens is 224 g/mol. The fraction of sp³-hybridized carbons (Fsp3) is 0.417. The molecule has 1 aromatic carbocycles. The van der Waals surface area contributed by atoms with Crippen molar-refractivity contribution in [3.8, 4) is 0 Å². The number of aryl methyl sites for hydroxylation is 1. The molecule has 0 nitrogen and oxygen atoms in total. The molecule has 0 amide bonds. The number of benzene rings is 1. The first-order chi connectivity index (χ1) is 6.25. The molecule has 1 fully saturated rings. The first-order valence-electron chi connectivity index (χ1n) is 4.85. The molecule has 1 atom stereocenters. The van der Waals surface area contributed by atoms with Crippen LogP contribution in [0.25, 0.3) is 0 Å². The van der Waals surface area contributed by atoms with Crippen LogP contribution in [-0.2, 0) is 6.42 Å². The Labute approximate surface area is 88.5 Å². The minimum Gasteiger partial charge on any atom is -0.0619 e.